The standard InChI is InChI=1S/C16H16ClN3OS/c1-3-20-8-13(14-9-22-10(2)18-14)15(19-16(20)21)11-4-6-12(17)7-5-11/h4-9,15H,3H2,1-2H3,(H,19,21)/t15-/m1/s1. The highest BCUT2D eigenvalue weighted by Crippen LogP contribution is 2.34. The molecule has 1 aliphatic rings. The van der Waals surface area contributed by atoms with Gasteiger partial charge in [0.15, 0.2) is 0 Å². The van der Waals surface area contributed by atoms with Crippen molar-refractivity contribution in [2.24, 2.45) is 0 Å². The molecule has 4 nitrogen and oxygen atoms in total. The van der Waals surface area contributed by atoms with Crippen molar-refractivity contribution in [2.75, 3.05) is 6.54 Å². The summed E-state index contributed by atoms with van der Waals surface area (Å²) in [5, 5.41) is 6.76. The van der Waals surface area contributed by atoms with Crippen molar-refractivity contribution in [3.63, 3.8) is 0 Å². The van der Waals surface area contributed by atoms with Crippen LogP contribution in [0.3, 0.4) is 0 Å². The van der Waals surface area contributed by atoms with E-state index < -0.39 is 0 Å². The predicted molar refractivity (Wildman–Crippen MR) is 89.9 cm³/mol. The lowest BCUT2D eigenvalue weighted by Gasteiger charge is -2.31. The highest BCUT2D eigenvalue weighted by Gasteiger charge is 2.29. The molecule has 1 aliphatic heterocycles. The summed E-state index contributed by atoms with van der Waals surface area (Å²) in [4.78, 5) is 18.4. The van der Waals surface area contributed by atoms with Gasteiger partial charge < -0.3 is 10.2 Å². The molecule has 22 heavy (non-hydrogen) atoms. The fourth-order valence-corrected chi connectivity index (χ4v) is 3.20. The van der Waals surface area contributed by atoms with Crippen LogP contribution in [0.4, 0.5) is 4.79 Å². The Morgan fingerprint density at radius 1 is 1.36 bits per heavy atom. The largest absolute Gasteiger partial charge is 0.327 e. The number of hydrogen-bond donors (Lipinski definition) is 1. The van der Waals surface area contributed by atoms with Crippen LogP contribution in [0, 0.1) is 6.92 Å². The zero-order valence-corrected chi connectivity index (χ0v) is 13.9. The molecule has 0 saturated carbocycles. The molecule has 0 aliphatic carbocycles. The van der Waals surface area contributed by atoms with E-state index in [9.17, 15) is 4.79 Å². The lowest BCUT2D eigenvalue weighted by atomic mass is 9.96. The number of amides is 2. The molecule has 2 heterocycles. The van der Waals surface area contributed by atoms with Crippen LogP contribution in [-0.2, 0) is 0 Å². The first kappa shape index (κ1) is 15.1. The van der Waals surface area contributed by atoms with Crippen molar-refractivity contribution in [1.29, 1.82) is 0 Å². The normalized spacial score (nSPS) is 18.1. The van der Waals surface area contributed by atoms with Gasteiger partial charge in [0.25, 0.3) is 0 Å². The molecule has 0 fully saturated rings. The lowest BCUT2D eigenvalue weighted by molar-refractivity contribution is 0.212. The maximum Gasteiger partial charge on any atom is 0.322 e. The Morgan fingerprint density at radius 3 is 2.68 bits per heavy atom. The van der Waals surface area contributed by atoms with Gasteiger partial charge >= 0.3 is 6.03 Å². The minimum atomic E-state index is -0.214. The van der Waals surface area contributed by atoms with E-state index in [1.165, 1.54) is 0 Å². The average molecular weight is 334 g/mol. The number of aryl methyl sites for hydroxylation is 1. The van der Waals surface area contributed by atoms with Crippen LogP contribution in [0.5, 0.6) is 0 Å². The molecule has 0 bridgehead atoms. The molecule has 3 rings (SSSR count). The first-order valence-electron chi connectivity index (χ1n) is 7.05. The molecule has 114 valence electrons. The quantitative estimate of drug-likeness (QED) is 0.913. The minimum absolute atomic E-state index is 0.0989. The molecule has 1 aromatic heterocycles. The number of carbonyl (C=O) groups is 1. The Hall–Kier alpha value is -1.85. The number of benzene rings is 1. The summed E-state index contributed by atoms with van der Waals surface area (Å²) in [6.45, 7) is 4.54. The molecule has 2 amide bonds. The van der Waals surface area contributed by atoms with Gasteiger partial charge in [-0.1, -0.05) is 23.7 Å². The Kier molecular flexibility index (Phi) is 4.18. The minimum Gasteiger partial charge on any atom is -0.327 e. The zero-order chi connectivity index (χ0) is 15.7. The number of rotatable bonds is 3. The molecule has 1 aromatic carbocycles. The van der Waals surface area contributed by atoms with Crippen LogP contribution in [-0.4, -0.2) is 22.5 Å². The molecular formula is C16H16ClN3OS. The van der Waals surface area contributed by atoms with Gasteiger partial charge in [-0.2, -0.15) is 0 Å². The van der Waals surface area contributed by atoms with Crippen LogP contribution in [0.1, 0.15) is 29.2 Å². The smallest absolute Gasteiger partial charge is 0.322 e. The second-order valence-corrected chi connectivity index (χ2v) is 6.55. The number of nitrogens with zero attached hydrogens (tertiary/aromatic N) is 2. The number of nitrogens with one attached hydrogen (secondary N) is 1. The van der Waals surface area contributed by atoms with E-state index in [4.69, 9.17) is 11.6 Å². The van der Waals surface area contributed by atoms with E-state index in [1.54, 1.807) is 16.2 Å². The van der Waals surface area contributed by atoms with Gasteiger partial charge in [-0.3, -0.25) is 0 Å². The molecular weight excluding hydrogens is 318 g/mol. The van der Waals surface area contributed by atoms with Crippen molar-refractivity contribution >= 4 is 34.5 Å². The third kappa shape index (κ3) is 2.87. The van der Waals surface area contributed by atoms with Crippen LogP contribution < -0.4 is 5.32 Å². The first-order valence-corrected chi connectivity index (χ1v) is 8.31. The Bertz CT molecular complexity index is 723. The van der Waals surface area contributed by atoms with E-state index in [1.807, 2.05) is 49.7 Å². The molecule has 0 spiro atoms. The molecule has 1 N–H and O–H groups in total. The number of halogens is 1. The van der Waals surface area contributed by atoms with Crippen molar-refractivity contribution in [1.82, 2.24) is 15.2 Å². The van der Waals surface area contributed by atoms with Gasteiger partial charge in [0, 0.05) is 28.7 Å². The number of carbonyl (C=O) groups excluding carboxylic acids is 1. The van der Waals surface area contributed by atoms with E-state index in [-0.39, 0.29) is 12.1 Å². The van der Waals surface area contributed by atoms with Gasteiger partial charge in [-0.05, 0) is 31.5 Å². The van der Waals surface area contributed by atoms with E-state index >= 15 is 0 Å². The van der Waals surface area contributed by atoms with Crippen LogP contribution in [0.25, 0.3) is 5.57 Å². The molecule has 2 aromatic rings. The van der Waals surface area contributed by atoms with Crippen LogP contribution in [0.15, 0.2) is 35.8 Å². The fourth-order valence-electron chi connectivity index (χ4n) is 2.45. The van der Waals surface area contributed by atoms with E-state index in [0.29, 0.717) is 11.6 Å². The topological polar surface area (TPSA) is 45.2 Å². The fraction of sp³-hybridized carbons (Fsp3) is 0.250. The summed E-state index contributed by atoms with van der Waals surface area (Å²) in [6.07, 6.45) is 1.90. The highest BCUT2D eigenvalue weighted by atomic mass is 35.5. The maximum absolute atomic E-state index is 12.2. The summed E-state index contributed by atoms with van der Waals surface area (Å²) in [5.41, 5.74) is 2.89. The molecule has 1 atom stereocenters. The number of urea groups is 1. The molecule has 0 saturated heterocycles. The predicted octanol–water partition coefficient (Wildman–Crippen LogP) is 4.23. The Labute approximate surface area is 138 Å². The van der Waals surface area contributed by atoms with Gasteiger partial charge in [0.05, 0.1) is 16.7 Å². The van der Waals surface area contributed by atoms with Gasteiger partial charge in [-0.15, -0.1) is 11.3 Å². The second-order valence-electron chi connectivity index (χ2n) is 5.06. The average Bonchev–Trinajstić information content (AvgIpc) is 2.94. The van der Waals surface area contributed by atoms with E-state index in [0.717, 1.165) is 21.8 Å². The third-order valence-corrected chi connectivity index (χ3v) is 4.62. The monoisotopic (exact) mass is 333 g/mol. The zero-order valence-electron chi connectivity index (χ0n) is 12.3. The third-order valence-electron chi connectivity index (χ3n) is 3.59. The van der Waals surface area contributed by atoms with Crippen molar-refractivity contribution in [3.05, 3.63) is 57.1 Å². The van der Waals surface area contributed by atoms with Crippen molar-refractivity contribution in [2.45, 2.75) is 19.9 Å². The van der Waals surface area contributed by atoms with Crippen molar-refractivity contribution in [3.8, 4) is 0 Å². The SMILES string of the molecule is CCN1C=C(c2csc(C)n2)[C@@H](c2ccc(Cl)cc2)NC1=O. The first-order chi connectivity index (χ1) is 10.6. The van der Waals surface area contributed by atoms with Gasteiger partial charge in [-0.25, -0.2) is 9.78 Å². The maximum atomic E-state index is 12.2. The Morgan fingerprint density at radius 2 is 2.09 bits per heavy atom. The van der Waals surface area contributed by atoms with Gasteiger partial charge in [0.2, 0.25) is 0 Å². The lowest BCUT2D eigenvalue weighted by Crippen LogP contribution is -2.43. The van der Waals surface area contributed by atoms with Gasteiger partial charge in [0.1, 0.15) is 0 Å². The number of thiazole rings is 1. The number of hydrogen-bond acceptors (Lipinski definition) is 3. The molecule has 6 heteroatoms. The number of aromatic nitrogens is 1. The molecule has 0 unspecified atom stereocenters. The van der Waals surface area contributed by atoms with Crippen molar-refractivity contribution < 1.29 is 4.79 Å². The molecule has 0 radical (unpaired) electrons. The summed E-state index contributed by atoms with van der Waals surface area (Å²) in [7, 11) is 0. The Balaban J connectivity index is 2.06. The summed E-state index contributed by atoms with van der Waals surface area (Å²) in [6, 6.07) is 7.22. The summed E-state index contributed by atoms with van der Waals surface area (Å²) < 4.78 is 0. The second kappa shape index (κ2) is 6.10. The summed E-state index contributed by atoms with van der Waals surface area (Å²) in [5.74, 6) is 0. The van der Waals surface area contributed by atoms with E-state index in [2.05, 4.69) is 10.3 Å². The van der Waals surface area contributed by atoms with Crippen LogP contribution in [0.2, 0.25) is 5.02 Å². The summed E-state index contributed by atoms with van der Waals surface area (Å²) >= 11 is 7.56. The van der Waals surface area contributed by atoms with Crippen LogP contribution >= 0.6 is 22.9 Å². The highest BCUT2D eigenvalue weighted by molar-refractivity contribution is 7.09.